The Labute approximate surface area is 191 Å². The van der Waals surface area contributed by atoms with Crippen molar-refractivity contribution in [2.45, 2.75) is 53.6 Å². The lowest BCUT2D eigenvalue weighted by Crippen LogP contribution is -2.41. The van der Waals surface area contributed by atoms with Gasteiger partial charge in [0.15, 0.2) is 0 Å². The highest BCUT2D eigenvalue weighted by atomic mass is 19.1. The van der Waals surface area contributed by atoms with Crippen LogP contribution in [0.1, 0.15) is 57.0 Å². The average molecular weight is 442 g/mol. The van der Waals surface area contributed by atoms with E-state index in [1.807, 2.05) is 62.9 Å². The molecule has 2 aromatic carbocycles. The van der Waals surface area contributed by atoms with Gasteiger partial charge in [0.25, 0.3) is 5.91 Å². The summed E-state index contributed by atoms with van der Waals surface area (Å²) in [4.78, 5) is 29.5. The van der Waals surface area contributed by atoms with Gasteiger partial charge in [-0.2, -0.15) is 0 Å². The molecule has 0 radical (unpaired) electrons. The van der Waals surface area contributed by atoms with E-state index in [1.165, 1.54) is 24.3 Å². The van der Waals surface area contributed by atoms with Gasteiger partial charge in [-0.1, -0.05) is 27.7 Å². The summed E-state index contributed by atoms with van der Waals surface area (Å²) in [5.74, 6) is -0.0457. The topological polar surface area (TPSA) is 52.7 Å². The van der Waals surface area contributed by atoms with E-state index in [1.54, 1.807) is 0 Å². The molecule has 0 saturated heterocycles. The number of rotatable bonds is 9. The molecule has 1 unspecified atom stereocenters. The summed E-state index contributed by atoms with van der Waals surface area (Å²) >= 11 is 0. The SMILES string of the molecule is CC(C)CC(=O)Nc1ccc(N(C)C)c(CN(C(=O)c2ccc(F)cc2)C(C)C(C)C)c1. The second kappa shape index (κ2) is 11.1. The maximum absolute atomic E-state index is 13.4. The molecule has 32 heavy (non-hydrogen) atoms. The minimum Gasteiger partial charge on any atom is -0.377 e. The first-order valence-electron chi connectivity index (χ1n) is 11.2. The Hall–Kier alpha value is -2.89. The second-order valence-corrected chi connectivity index (χ2v) is 9.31. The summed E-state index contributed by atoms with van der Waals surface area (Å²) in [5.41, 5.74) is 3.06. The maximum Gasteiger partial charge on any atom is 0.254 e. The molecule has 0 aromatic heterocycles. The van der Waals surface area contributed by atoms with Crippen LogP contribution in [0, 0.1) is 17.7 Å². The third-order valence-electron chi connectivity index (χ3n) is 5.59. The first-order chi connectivity index (χ1) is 15.0. The number of carbonyl (C=O) groups is 2. The third-order valence-corrected chi connectivity index (χ3v) is 5.59. The van der Waals surface area contributed by atoms with Gasteiger partial charge in [-0.25, -0.2) is 4.39 Å². The number of anilines is 2. The Morgan fingerprint density at radius 1 is 0.969 bits per heavy atom. The van der Waals surface area contributed by atoms with E-state index in [9.17, 15) is 14.0 Å². The number of hydrogen-bond acceptors (Lipinski definition) is 3. The van der Waals surface area contributed by atoms with E-state index < -0.39 is 0 Å². The van der Waals surface area contributed by atoms with Gasteiger partial charge in [-0.05, 0) is 66.8 Å². The molecule has 174 valence electrons. The Balaban J connectivity index is 2.41. The predicted octanol–water partition coefficient (Wildman–Crippen LogP) is 5.56. The fourth-order valence-electron chi connectivity index (χ4n) is 3.51. The van der Waals surface area contributed by atoms with Crippen LogP contribution in [0.5, 0.6) is 0 Å². The molecule has 5 nitrogen and oxygen atoms in total. The quantitative estimate of drug-likeness (QED) is 0.554. The summed E-state index contributed by atoms with van der Waals surface area (Å²) in [5, 5.41) is 2.97. The van der Waals surface area contributed by atoms with Crippen LogP contribution in [0.25, 0.3) is 0 Å². The molecule has 0 bridgehead atoms. The smallest absolute Gasteiger partial charge is 0.254 e. The van der Waals surface area contributed by atoms with Crippen molar-refractivity contribution >= 4 is 23.2 Å². The van der Waals surface area contributed by atoms with Gasteiger partial charge >= 0.3 is 0 Å². The molecule has 0 aliphatic rings. The molecule has 1 atom stereocenters. The van der Waals surface area contributed by atoms with Crippen LogP contribution in [0.2, 0.25) is 0 Å². The monoisotopic (exact) mass is 441 g/mol. The lowest BCUT2D eigenvalue weighted by molar-refractivity contribution is -0.116. The van der Waals surface area contributed by atoms with Crippen LogP contribution < -0.4 is 10.2 Å². The molecule has 0 fully saturated rings. The van der Waals surface area contributed by atoms with Gasteiger partial charge in [0, 0.05) is 50.0 Å². The number of carbonyl (C=O) groups excluding carboxylic acids is 2. The van der Waals surface area contributed by atoms with Crippen LogP contribution in [0.3, 0.4) is 0 Å². The van der Waals surface area contributed by atoms with Crippen molar-refractivity contribution in [2.75, 3.05) is 24.3 Å². The second-order valence-electron chi connectivity index (χ2n) is 9.31. The zero-order valence-electron chi connectivity index (χ0n) is 20.3. The molecule has 0 heterocycles. The maximum atomic E-state index is 13.4. The summed E-state index contributed by atoms with van der Waals surface area (Å²) in [7, 11) is 3.90. The molecule has 0 spiro atoms. The first kappa shape index (κ1) is 25.4. The van der Waals surface area contributed by atoms with Crippen molar-refractivity contribution in [3.05, 3.63) is 59.4 Å². The summed E-state index contributed by atoms with van der Waals surface area (Å²) < 4.78 is 13.4. The molecule has 6 heteroatoms. The minimum atomic E-state index is -0.371. The van der Waals surface area contributed by atoms with Crippen molar-refractivity contribution in [3.8, 4) is 0 Å². The highest BCUT2D eigenvalue weighted by Gasteiger charge is 2.25. The molecule has 1 N–H and O–H groups in total. The number of benzene rings is 2. The Bertz CT molecular complexity index is 923. The van der Waals surface area contributed by atoms with Crippen molar-refractivity contribution in [1.29, 1.82) is 0 Å². The lowest BCUT2D eigenvalue weighted by Gasteiger charge is -2.33. The van der Waals surface area contributed by atoms with Crippen molar-refractivity contribution in [1.82, 2.24) is 4.90 Å². The van der Waals surface area contributed by atoms with Gasteiger partial charge in [0.1, 0.15) is 5.82 Å². The first-order valence-corrected chi connectivity index (χ1v) is 11.2. The van der Waals surface area contributed by atoms with Crippen LogP contribution in [-0.2, 0) is 11.3 Å². The van der Waals surface area contributed by atoms with E-state index in [4.69, 9.17) is 0 Å². The van der Waals surface area contributed by atoms with Crippen LogP contribution in [0.4, 0.5) is 15.8 Å². The Morgan fingerprint density at radius 2 is 1.59 bits per heavy atom. The molecular formula is C26H36FN3O2. The number of hydrogen-bond donors (Lipinski definition) is 1. The Kier molecular flexibility index (Phi) is 8.81. The molecule has 0 saturated carbocycles. The zero-order valence-corrected chi connectivity index (χ0v) is 20.3. The zero-order chi connectivity index (χ0) is 24.0. The fraction of sp³-hybridized carbons (Fsp3) is 0.462. The van der Waals surface area contributed by atoms with Gasteiger partial charge < -0.3 is 15.1 Å². The van der Waals surface area contributed by atoms with Gasteiger partial charge in [-0.15, -0.1) is 0 Å². The number of halogens is 1. The van der Waals surface area contributed by atoms with E-state index in [2.05, 4.69) is 19.2 Å². The van der Waals surface area contributed by atoms with E-state index in [0.29, 0.717) is 24.2 Å². The molecule has 2 aromatic rings. The van der Waals surface area contributed by atoms with E-state index in [0.717, 1.165) is 11.3 Å². The average Bonchev–Trinajstić information content (AvgIpc) is 2.70. The highest BCUT2D eigenvalue weighted by Crippen LogP contribution is 2.27. The highest BCUT2D eigenvalue weighted by molar-refractivity contribution is 5.94. The fourth-order valence-corrected chi connectivity index (χ4v) is 3.51. The third kappa shape index (κ3) is 6.81. The minimum absolute atomic E-state index is 0.0293. The molecular weight excluding hydrogens is 405 g/mol. The van der Waals surface area contributed by atoms with Gasteiger partial charge in [0.2, 0.25) is 5.91 Å². The summed E-state index contributed by atoms with van der Waals surface area (Å²) in [6, 6.07) is 11.4. The van der Waals surface area contributed by atoms with Crippen molar-refractivity contribution in [3.63, 3.8) is 0 Å². The molecule has 2 amide bonds. The van der Waals surface area contributed by atoms with Crippen LogP contribution in [-0.4, -0.2) is 36.9 Å². The normalized spacial score (nSPS) is 12.1. The predicted molar refractivity (Wildman–Crippen MR) is 129 cm³/mol. The summed E-state index contributed by atoms with van der Waals surface area (Å²) in [6.45, 7) is 10.6. The Morgan fingerprint density at radius 3 is 2.12 bits per heavy atom. The van der Waals surface area contributed by atoms with Crippen molar-refractivity contribution < 1.29 is 14.0 Å². The van der Waals surface area contributed by atoms with Crippen molar-refractivity contribution in [2.24, 2.45) is 11.8 Å². The summed E-state index contributed by atoms with van der Waals surface area (Å²) in [6.07, 6.45) is 0.449. The lowest BCUT2D eigenvalue weighted by atomic mass is 10.0. The number of nitrogens with one attached hydrogen (secondary N) is 1. The van der Waals surface area contributed by atoms with Gasteiger partial charge in [-0.3, -0.25) is 9.59 Å². The number of amides is 2. The number of nitrogens with zero attached hydrogens (tertiary/aromatic N) is 2. The molecule has 0 aliphatic carbocycles. The van der Waals surface area contributed by atoms with Crippen LogP contribution in [0.15, 0.2) is 42.5 Å². The van der Waals surface area contributed by atoms with Crippen LogP contribution >= 0.6 is 0 Å². The van der Waals surface area contributed by atoms with Gasteiger partial charge in [0.05, 0.1) is 0 Å². The molecule has 0 aliphatic heterocycles. The standard InChI is InChI=1S/C26H36FN3O2/c1-17(2)14-25(31)28-23-12-13-24(29(6)7)21(15-23)16-30(19(5)18(3)4)26(32)20-8-10-22(27)11-9-20/h8-13,15,17-19H,14,16H2,1-7H3,(H,28,31). The largest absolute Gasteiger partial charge is 0.377 e. The molecule has 2 rings (SSSR count). The van der Waals surface area contributed by atoms with E-state index >= 15 is 0 Å². The van der Waals surface area contributed by atoms with E-state index in [-0.39, 0.29) is 35.5 Å².